The van der Waals surface area contributed by atoms with Crippen LogP contribution in [0.5, 0.6) is 0 Å². The Morgan fingerprint density at radius 3 is 2.43 bits per heavy atom. The van der Waals surface area contributed by atoms with E-state index in [1.165, 1.54) is 4.90 Å². The molecule has 1 unspecified atom stereocenters. The van der Waals surface area contributed by atoms with Gasteiger partial charge in [-0.15, -0.1) is 0 Å². The number of amides is 2. The number of nitriles is 1. The lowest BCUT2D eigenvalue weighted by Crippen LogP contribution is -2.31. The zero-order chi connectivity index (χ0) is 21.3. The monoisotopic (exact) mass is 433 g/mol. The first-order chi connectivity index (χ1) is 14.5. The first kappa shape index (κ1) is 20.1. The highest BCUT2D eigenvalue weighted by atomic mass is 35.5. The van der Waals surface area contributed by atoms with Crippen molar-refractivity contribution in [1.82, 2.24) is 4.98 Å². The van der Waals surface area contributed by atoms with Crippen LogP contribution in [0.3, 0.4) is 0 Å². The topological polar surface area (TPSA) is 74.1 Å². The van der Waals surface area contributed by atoms with Crippen LogP contribution in [0.4, 0.5) is 5.69 Å². The van der Waals surface area contributed by atoms with Crippen molar-refractivity contribution in [3.63, 3.8) is 0 Å². The molecule has 30 heavy (non-hydrogen) atoms. The van der Waals surface area contributed by atoms with Crippen molar-refractivity contribution in [2.45, 2.75) is 23.6 Å². The number of anilines is 1. The molecule has 5 nitrogen and oxygen atoms in total. The third kappa shape index (κ3) is 3.95. The molecule has 4 rings (SSSR count). The number of hydrogen-bond donors (Lipinski definition) is 0. The second-order valence-corrected chi connectivity index (χ2v) is 8.51. The molecule has 2 amide bonds. The standard InChI is InChI=1S/C23H16ClN3O2S/c1-14-2-9-18(10-3-14)27-21(28)12-20(23(27)29)30-22-16(13-25)6-11-19(26-22)15-4-7-17(24)8-5-15/h2-11,20H,12H2,1H3. The summed E-state index contributed by atoms with van der Waals surface area (Å²) in [6.45, 7) is 1.94. The SMILES string of the molecule is Cc1ccc(N2C(=O)CC(Sc3nc(-c4ccc(Cl)cc4)ccc3C#N)C2=O)cc1. The molecular weight excluding hydrogens is 418 g/mol. The Balaban J connectivity index is 1.62. The highest BCUT2D eigenvalue weighted by molar-refractivity contribution is 8.00. The van der Waals surface area contributed by atoms with Gasteiger partial charge in [0.15, 0.2) is 0 Å². The van der Waals surface area contributed by atoms with Crippen LogP contribution in [-0.2, 0) is 9.59 Å². The lowest BCUT2D eigenvalue weighted by molar-refractivity contribution is -0.121. The van der Waals surface area contributed by atoms with E-state index in [-0.39, 0.29) is 18.2 Å². The molecule has 148 valence electrons. The summed E-state index contributed by atoms with van der Waals surface area (Å²) in [5.41, 5.74) is 3.49. The molecular formula is C23H16ClN3O2S. The summed E-state index contributed by atoms with van der Waals surface area (Å²) in [7, 11) is 0. The number of halogens is 1. The van der Waals surface area contributed by atoms with Gasteiger partial charge in [0.1, 0.15) is 11.1 Å². The number of pyridine rings is 1. The summed E-state index contributed by atoms with van der Waals surface area (Å²) in [4.78, 5) is 31.3. The molecule has 0 radical (unpaired) electrons. The molecule has 1 saturated heterocycles. The lowest BCUT2D eigenvalue weighted by Gasteiger charge is -2.15. The van der Waals surface area contributed by atoms with Crippen molar-refractivity contribution >= 4 is 40.9 Å². The molecule has 1 atom stereocenters. The number of rotatable bonds is 4. The molecule has 0 aliphatic carbocycles. The number of imide groups is 1. The predicted octanol–water partition coefficient (Wildman–Crippen LogP) is 5.01. The average molecular weight is 434 g/mol. The van der Waals surface area contributed by atoms with E-state index in [9.17, 15) is 14.9 Å². The highest BCUT2D eigenvalue weighted by Crippen LogP contribution is 2.35. The fraction of sp³-hybridized carbons (Fsp3) is 0.130. The lowest BCUT2D eigenvalue weighted by atomic mass is 10.1. The summed E-state index contributed by atoms with van der Waals surface area (Å²) in [5.74, 6) is -0.551. The predicted molar refractivity (Wildman–Crippen MR) is 117 cm³/mol. The van der Waals surface area contributed by atoms with Crippen LogP contribution in [-0.4, -0.2) is 22.0 Å². The van der Waals surface area contributed by atoms with E-state index >= 15 is 0 Å². The van der Waals surface area contributed by atoms with Gasteiger partial charge in [-0.25, -0.2) is 9.88 Å². The van der Waals surface area contributed by atoms with E-state index in [1.807, 2.05) is 31.2 Å². The van der Waals surface area contributed by atoms with Crippen LogP contribution >= 0.6 is 23.4 Å². The number of carbonyl (C=O) groups excluding carboxylic acids is 2. The second kappa shape index (κ2) is 8.31. The van der Waals surface area contributed by atoms with E-state index in [4.69, 9.17) is 11.6 Å². The van der Waals surface area contributed by atoms with Gasteiger partial charge in [-0.2, -0.15) is 5.26 Å². The minimum absolute atomic E-state index is 0.0646. The van der Waals surface area contributed by atoms with Crippen molar-refractivity contribution in [2.75, 3.05) is 4.90 Å². The Labute approximate surface area is 183 Å². The van der Waals surface area contributed by atoms with Crippen LogP contribution in [0.1, 0.15) is 17.5 Å². The summed E-state index contributed by atoms with van der Waals surface area (Å²) in [6.07, 6.45) is 0.0646. The quantitative estimate of drug-likeness (QED) is 0.541. The normalized spacial score (nSPS) is 16.0. The number of thioether (sulfide) groups is 1. The van der Waals surface area contributed by atoms with Gasteiger partial charge in [0.2, 0.25) is 11.8 Å². The third-order valence-corrected chi connectivity index (χ3v) is 6.21. The zero-order valence-electron chi connectivity index (χ0n) is 16.0. The molecule has 7 heteroatoms. The fourth-order valence-electron chi connectivity index (χ4n) is 3.19. The van der Waals surface area contributed by atoms with Crippen LogP contribution in [0.2, 0.25) is 5.02 Å². The molecule has 1 aliphatic rings. The molecule has 3 aromatic rings. The fourth-order valence-corrected chi connectivity index (χ4v) is 4.41. The van der Waals surface area contributed by atoms with Crippen molar-refractivity contribution < 1.29 is 9.59 Å². The second-order valence-electron chi connectivity index (χ2n) is 6.88. The first-order valence-corrected chi connectivity index (χ1v) is 10.5. The molecule has 0 N–H and O–H groups in total. The molecule has 0 saturated carbocycles. The number of hydrogen-bond acceptors (Lipinski definition) is 5. The third-order valence-electron chi connectivity index (χ3n) is 4.77. The summed E-state index contributed by atoms with van der Waals surface area (Å²) in [5, 5.41) is 9.91. The van der Waals surface area contributed by atoms with Crippen molar-refractivity contribution in [3.05, 3.63) is 76.8 Å². The average Bonchev–Trinajstić information content (AvgIpc) is 3.02. The van der Waals surface area contributed by atoms with Gasteiger partial charge in [0, 0.05) is 17.0 Å². The van der Waals surface area contributed by atoms with Crippen LogP contribution in [0.15, 0.2) is 65.7 Å². The van der Waals surface area contributed by atoms with Crippen LogP contribution in [0.25, 0.3) is 11.3 Å². The Morgan fingerprint density at radius 1 is 1.07 bits per heavy atom. The van der Waals surface area contributed by atoms with E-state index in [2.05, 4.69) is 11.1 Å². The molecule has 2 aromatic carbocycles. The van der Waals surface area contributed by atoms with Gasteiger partial charge in [-0.3, -0.25) is 9.59 Å². The van der Waals surface area contributed by atoms with Gasteiger partial charge in [0.25, 0.3) is 0 Å². The maximum atomic E-state index is 13.0. The molecule has 1 aliphatic heterocycles. The number of carbonyl (C=O) groups is 2. The summed E-state index contributed by atoms with van der Waals surface area (Å²) in [6, 6.07) is 20.0. The number of benzene rings is 2. The summed E-state index contributed by atoms with van der Waals surface area (Å²) < 4.78 is 0. The molecule has 2 heterocycles. The van der Waals surface area contributed by atoms with Crippen LogP contribution in [0, 0.1) is 18.3 Å². The van der Waals surface area contributed by atoms with E-state index < -0.39 is 5.25 Å². The Bertz CT molecular complexity index is 1170. The number of aryl methyl sites for hydroxylation is 1. The Morgan fingerprint density at radius 2 is 1.77 bits per heavy atom. The summed E-state index contributed by atoms with van der Waals surface area (Å²) >= 11 is 7.11. The van der Waals surface area contributed by atoms with Gasteiger partial charge in [-0.1, -0.05) is 53.2 Å². The number of nitrogens with zero attached hydrogens (tertiary/aromatic N) is 3. The number of aromatic nitrogens is 1. The molecule has 1 fully saturated rings. The maximum Gasteiger partial charge on any atom is 0.247 e. The smallest absolute Gasteiger partial charge is 0.247 e. The van der Waals surface area contributed by atoms with Gasteiger partial charge >= 0.3 is 0 Å². The van der Waals surface area contributed by atoms with Crippen molar-refractivity contribution in [2.24, 2.45) is 0 Å². The maximum absolute atomic E-state index is 13.0. The van der Waals surface area contributed by atoms with E-state index in [1.54, 1.807) is 36.4 Å². The van der Waals surface area contributed by atoms with E-state index in [0.717, 1.165) is 22.9 Å². The van der Waals surface area contributed by atoms with Gasteiger partial charge in [0.05, 0.1) is 22.2 Å². The van der Waals surface area contributed by atoms with Gasteiger partial charge < -0.3 is 0 Å². The van der Waals surface area contributed by atoms with Crippen molar-refractivity contribution in [3.8, 4) is 17.3 Å². The van der Waals surface area contributed by atoms with Crippen molar-refractivity contribution in [1.29, 1.82) is 5.26 Å². The van der Waals surface area contributed by atoms with Crippen LogP contribution < -0.4 is 4.90 Å². The minimum atomic E-state index is -0.626. The zero-order valence-corrected chi connectivity index (χ0v) is 17.6. The Kier molecular flexibility index (Phi) is 5.58. The largest absolute Gasteiger partial charge is 0.274 e. The Hall–Kier alpha value is -3.14. The molecule has 0 bridgehead atoms. The molecule has 1 aromatic heterocycles. The minimum Gasteiger partial charge on any atom is -0.274 e. The first-order valence-electron chi connectivity index (χ1n) is 9.23. The van der Waals surface area contributed by atoms with E-state index in [0.29, 0.717) is 27.0 Å². The molecule has 0 spiro atoms. The highest BCUT2D eigenvalue weighted by Gasteiger charge is 2.40. The van der Waals surface area contributed by atoms with Gasteiger partial charge in [-0.05, 0) is 43.3 Å².